The molecule has 6 atom stereocenters. The number of hydrogen-bond acceptors (Lipinski definition) is 10. The van der Waals surface area contributed by atoms with E-state index in [1.165, 1.54) is 20.2 Å². The van der Waals surface area contributed by atoms with Gasteiger partial charge in [0.25, 0.3) is 0 Å². The Morgan fingerprint density at radius 3 is 2.50 bits per heavy atom. The third kappa shape index (κ3) is 6.10. The predicted octanol–water partition coefficient (Wildman–Crippen LogP) is 3.85. The van der Waals surface area contributed by atoms with Crippen molar-refractivity contribution in [3.05, 3.63) is 79.3 Å². The van der Waals surface area contributed by atoms with Crippen molar-refractivity contribution in [3.63, 3.8) is 0 Å². The summed E-state index contributed by atoms with van der Waals surface area (Å²) in [6.45, 7) is 4.33. The zero-order valence-corrected chi connectivity index (χ0v) is 24.3. The fraction of sp³-hybridized carbons (Fsp3) is 0.345. The van der Waals surface area contributed by atoms with Crippen LogP contribution in [0.25, 0.3) is 22.3 Å². The molecule has 1 aliphatic heterocycles. The monoisotopic (exact) mass is 596 g/mol. The summed E-state index contributed by atoms with van der Waals surface area (Å²) in [4.78, 5) is 21.1. The number of aromatic nitrogens is 3. The second-order valence-corrected chi connectivity index (χ2v) is 11.8. The lowest BCUT2D eigenvalue weighted by Gasteiger charge is -2.30. The molecule has 3 N–H and O–H groups in total. The van der Waals surface area contributed by atoms with Gasteiger partial charge in [-0.2, -0.15) is 5.09 Å². The summed E-state index contributed by atoms with van der Waals surface area (Å²) in [5, 5.41) is 25.5. The highest BCUT2D eigenvalue weighted by Crippen LogP contribution is 2.48. The first-order valence-electron chi connectivity index (χ1n) is 13.5. The smallest absolute Gasteiger partial charge is 0.459 e. The molecule has 1 aliphatic rings. The molecule has 0 radical (unpaired) electrons. The van der Waals surface area contributed by atoms with Crippen molar-refractivity contribution in [3.8, 4) is 17.0 Å². The van der Waals surface area contributed by atoms with E-state index in [1.54, 1.807) is 48.0 Å². The maximum Gasteiger partial charge on any atom is 0.459 e. The summed E-state index contributed by atoms with van der Waals surface area (Å²) in [6.07, 6.45) is -0.751. The van der Waals surface area contributed by atoms with Gasteiger partial charge in [0.2, 0.25) is 0 Å². The summed E-state index contributed by atoms with van der Waals surface area (Å²) >= 11 is 0. The quantitative estimate of drug-likeness (QED) is 0.171. The van der Waals surface area contributed by atoms with Gasteiger partial charge < -0.3 is 28.8 Å². The van der Waals surface area contributed by atoms with Gasteiger partial charge >= 0.3 is 13.7 Å². The normalized spacial score (nSPS) is 24.3. The molecule has 1 fully saturated rings. The molecular weight excluding hydrogens is 563 g/mol. The van der Waals surface area contributed by atoms with Crippen LogP contribution < -0.4 is 9.61 Å². The van der Waals surface area contributed by atoms with E-state index in [-0.39, 0.29) is 12.4 Å². The van der Waals surface area contributed by atoms with Crippen molar-refractivity contribution in [2.75, 3.05) is 13.2 Å². The molecule has 0 aliphatic carbocycles. The number of aliphatic hydroxyl groups excluding tert-OH is 2. The van der Waals surface area contributed by atoms with E-state index in [0.29, 0.717) is 11.3 Å². The van der Waals surface area contributed by atoms with E-state index in [1.807, 2.05) is 36.4 Å². The number of rotatable bonds is 11. The Hall–Kier alpha value is -3.64. The molecule has 0 bridgehead atoms. The van der Waals surface area contributed by atoms with E-state index < -0.39 is 50.4 Å². The molecule has 0 spiro atoms. The van der Waals surface area contributed by atoms with E-state index in [4.69, 9.17) is 18.5 Å². The standard InChI is InChI=1S/C29H33N4O8P/c1-4-38-28(36)19(2)32-42(37,41-21-13-9-6-10-14-21)39-17-29(3)25(35)24(34)27(40-29)33-16-15-22-23(30-18-31-26(22)33)20-11-7-5-8-12-20/h5-16,18-19,24-25,27,34-35H,4,17H2,1-3H3,(H,32,37)/t19-,24+,25-,27+,29+,42?/m0/s1. The van der Waals surface area contributed by atoms with Gasteiger partial charge in [-0.15, -0.1) is 0 Å². The van der Waals surface area contributed by atoms with Crippen LogP contribution in [-0.2, 0) is 23.4 Å². The molecule has 5 rings (SSSR count). The Morgan fingerprint density at radius 1 is 1.12 bits per heavy atom. The highest BCUT2D eigenvalue weighted by molar-refractivity contribution is 7.52. The molecule has 2 aromatic heterocycles. The third-order valence-corrected chi connectivity index (χ3v) is 8.57. The number of para-hydroxylation sites is 1. The Balaban J connectivity index is 1.38. The fourth-order valence-electron chi connectivity index (χ4n) is 4.76. The Kier molecular flexibility index (Phi) is 8.74. The first kappa shape index (κ1) is 29.8. The average molecular weight is 597 g/mol. The van der Waals surface area contributed by atoms with E-state index in [9.17, 15) is 19.6 Å². The Bertz CT molecular complexity index is 1570. The largest absolute Gasteiger partial charge is 0.465 e. The molecule has 42 heavy (non-hydrogen) atoms. The van der Waals surface area contributed by atoms with E-state index in [2.05, 4.69) is 15.1 Å². The van der Waals surface area contributed by atoms with Gasteiger partial charge in [-0.05, 0) is 39.0 Å². The van der Waals surface area contributed by atoms with Crippen molar-refractivity contribution in [1.29, 1.82) is 0 Å². The topological polar surface area (TPSA) is 154 Å². The molecule has 1 saturated heterocycles. The van der Waals surface area contributed by atoms with Crippen molar-refractivity contribution < 1.29 is 38.1 Å². The van der Waals surface area contributed by atoms with Crippen LogP contribution in [0.5, 0.6) is 5.75 Å². The molecule has 12 nitrogen and oxygen atoms in total. The first-order chi connectivity index (χ1) is 20.1. The summed E-state index contributed by atoms with van der Waals surface area (Å²) < 4.78 is 38.1. The van der Waals surface area contributed by atoms with Crippen molar-refractivity contribution in [2.45, 2.75) is 50.8 Å². The minimum absolute atomic E-state index is 0.138. The summed E-state index contributed by atoms with van der Waals surface area (Å²) in [5.74, 6) is -0.416. The molecule has 0 saturated carbocycles. The maximum absolute atomic E-state index is 13.9. The van der Waals surface area contributed by atoms with E-state index in [0.717, 1.165) is 10.9 Å². The SMILES string of the molecule is CCOC(=O)[C@H](C)NP(=O)(OC[C@@]1(C)O[C@@H](n2ccc3c(-c4ccccc4)ncnc32)[C@H](O)[C@@H]1O)Oc1ccccc1. The molecule has 1 unspecified atom stereocenters. The lowest BCUT2D eigenvalue weighted by Crippen LogP contribution is -2.45. The van der Waals surface area contributed by atoms with Crippen molar-refractivity contribution >= 4 is 24.7 Å². The van der Waals surface area contributed by atoms with Gasteiger partial charge in [-0.25, -0.2) is 14.5 Å². The second-order valence-electron chi connectivity index (χ2n) is 10.1. The molecule has 4 aromatic rings. The maximum atomic E-state index is 13.9. The molecule has 222 valence electrons. The highest BCUT2D eigenvalue weighted by Gasteiger charge is 2.53. The van der Waals surface area contributed by atoms with Crippen LogP contribution in [0.3, 0.4) is 0 Å². The Labute approximate surface area is 242 Å². The number of esters is 1. The summed E-state index contributed by atoms with van der Waals surface area (Å²) in [5.41, 5.74) is 0.570. The van der Waals surface area contributed by atoms with Gasteiger partial charge in [0.15, 0.2) is 6.23 Å². The van der Waals surface area contributed by atoms with E-state index >= 15 is 0 Å². The second kappa shape index (κ2) is 12.3. The van der Waals surface area contributed by atoms with Gasteiger partial charge in [-0.3, -0.25) is 9.32 Å². The number of ether oxygens (including phenoxy) is 2. The van der Waals surface area contributed by atoms with Gasteiger partial charge in [-0.1, -0.05) is 48.5 Å². The van der Waals surface area contributed by atoms with Crippen LogP contribution in [0.2, 0.25) is 0 Å². The lowest BCUT2D eigenvalue weighted by atomic mass is 9.99. The number of aliphatic hydroxyl groups is 2. The number of hydrogen-bond donors (Lipinski definition) is 3. The molecule has 0 amide bonds. The zero-order valence-electron chi connectivity index (χ0n) is 23.4. The zero-order chi connectivity index (χ0) is 29.9. The van der Waals surface area contributed by atoms with Gasteiger partial charge in [0.1, 0.15) is 41.6 Å². The minimum Gasteiger partial charge on any atom is -0.465 e. The number of nitrogens with zero attached hydrogens (tertiary/aromatic N) is 3. The number of fused-ring (bicyclic) bond motifs is 1. The highest BCUT2D eigenvalue weighted by atomic mass is 31.2. The van der Waals surface area contributed by atoms with Crippen molar-refractivity contribution in [2.24, 2.45) is 0 Å². The van der Waals surface area contributed by atoms with Gasteiger partial charge in [0, 0.05) is 17.1 Å². The van der Waals surface area contributed by atoms with Crippen LogP contribution in [0.1, 0.15) is 27.0 Å². The number of nitrogens with one attached hydrogen (secondary N) is 1. The number of carbonyl (C=O) groups excluding carboxylic acids is 1. The van der Waals surface area contributed by atoms with Crippen LogP contribution in [-0.4, -0.2) is 67.8 Å². The fourth-order valence-corrected chi connectivity index (χ4v) is 6.34. The Morgan fingerprint density at radius 2 is 1.81 bits per heavy atom. The predicted molar refractivity (Wildman–Crippen MR) is 153 cm³/mol. The first-order valence-corrected chi connectivity index (χ1v) is 15.0. The third-order valence-electron chi connectivity index (χ3n) is 6.94. The lowest BCUT2D eigenvalue weighted by molar-refractivity contribution is -0.144. The van der Waals surface area contributed by atoms with Crippen LogP contribution >= 0.6 is 7.75 Å². The van der Waals surface area contributed by atoms with Crippen molar-refractivity contribution in [1.82, 2.24) is 19.6 Å². The van der Waals surface area contributed by atoms with Crippen LogP contribution in [0.15, 0.2) is 79.3 Å². The van der Waals surface area contributed by atoms with Crippen LogP contribution in [0, 0.1) is 0 Å². The van der Waals surface area contributed by atoms with Gasteiger partial charge in [0.05, 0.1) is 18.9 Å². The number of carbonyl (C=O) groups is 1. The summed E-state index contributed by atoms with van der Waals surface area (Å²) in [6, 6.07) is 18.7. The number of benzene rings is 2. The van der Waals surface area contributed by atoms with Crippen LogP contribution in [0.4, 0.5) is 0 Å². The molecule has 13 heteroatoms. The summed E-state index contributed by atoms with van der Waals surface area (Å²) in [7, 11) is -4.23. The minimum atomic E-state index is -4.23. The average Bonchev–Trinajstić information content (AvgIpc) is 3.52. The molecular formula is C29H33N4O8P. The molecule has 2 aromatic carbocycles. The molecule has 3 heterocycles.